The molecule has 0 fully saturated rings. The van der Waals surface area contributed by atoms with Crippen molar-refractivity contribution < 1.29 is 0 Å². The van der Waals surface area contributed by atoms with E-state index in [1.54, 1.807) is 0 Å². The van der Waals surface area contributed by atoms with Crippen molar-refractivity contribution in [1.82, 2.24) is 34.9 Å². The van der Waals surface area contributed by atoms with Crippen LogP contribution in [0.1, 0.15) is 112 Å². The van der Waals surface area contributed by atoms with E-state index in [1.165, 1.54) is 110 Å². The zero-order chi connectivity index (χ0) is 71.5. The monoisotopic (exact) mass is 1290 g/mol. The quantitative estimate of drug-likeness (QED) is 0.162. The summed E-state index contributed by atoms with van der Waals surface area (Å²) in [5.41, 5.74) is 23.7. The molecule has 502 valence electrons. The standard InChI is InChI=1S/3C12H12.C11H11N3.2C8H10.4C7H9N/c1-9-3-5-12-8-10(2)4-6-11(12)7-9;1-9-5-3-8-12-10(2)6-4-7-11(9)12;1-9-7-8-10(2)12-6-4-3-5-11(9)12;1-8-12-9(2)14-11(13-8)10-6-4-3-5-7-10;1-7-3-5-8(2)6-4-7;1-7-4-3-5-8(2)6-7;1-6-3-7(2)5-8-4-6;1-6-3-4-8-7(2)5-6;1-6-3-4-7(2)8-5-6;1-6-4-3-5-7(2)8-6/h3*3-8H,1-2H3;3-7H,1-2H3;2*3-6H,1-2H3;4*3-5H,1-2H3. The van der Waals surface area contributed by atoms with E-state index >= 15 is 0 Å². The first-order chi connectivity index (χ1) is 46.8. The minimum Gasteiger partial charge on any atom is -0.264 e. The van der Waals surface area contributed by atoms with Gasteiger partial charge in [0.05, 0.1) is 0 Å². The van der Waals surface area contributed by atoms with Crippen molar-refractivity contribution in [2.24, 2.45) is 0 Å². The molecule has 7 nitrogen and oxygen atoms in total. The highest BCUT2D eigenvalue weighted by molar-refractivity contribution is 5.89. The average Bonchev–Trinajstić information content (AvgIpc) is 0.881. The van der Waals surface area contributed by atoms with Gasteiger partial charge in [-0.05, 0) is 246 Å². The van der Waals surface area contributed by atoms with Crippen LogP contribution in [0.25, 0.3) is 43.7 Å². The molecule has 0 bridgehead atoms. The van der Waals surface area contributed by atoms with Crippen LogP contribution >= 0.6 is 0 Å². The minimum absolute atomic E-state index is 0.746. The Hall–Kier alpha value is -10.6. The molecule has 14 aromatic rings. The SMILES string of the molecule is Cc1ccc(C)c2ccccc12.Cc1ccc(C)cc1.Cc1ccc(C)nc1.Cc1ccc2cc(C)ccc2c1.Cc1cccc(C)c1.Cc1cccc(C)n1.Cc1cccc2c(C)cccc12.Cc1ccnc(C)c1.Cc1cncc(C)c1.Cc1nc(C)nc(-c2ccccc2)n1. The van der Waals surface area contributed by atoms with Crippen molar-refractivity contribution in [2.45, 2.75) is 138 Å². The topological polar surface area (TPSA) is 90.2 Å². The Morgan fingerprint density at radius 1 is 0.214 bits per heavy atom. The lowest BCUT2D eigenvalue weighted by Crippen LogP contribution is -1.98. The van der Waals surface area contributed by atoms with Crippen LogP contribution in [0.4, 0.5) is 0 Å². The third-order valence-corrected chi connectivity index (χ3v) is 15.3. The van der Waals surface area contributed by atoms with E-state index in [0.717, 1.165) is 45.8 Å². The molecule has 0 saturated carbocycles. The van der Waals surface area contributed by atoms with E-state index < -0.39 is 0 Å². The number of hydrogen-bond donors (Lipinski definition) is 0. The number of aromatic nitrogens is 7. The van der Waals surface area contributed by atoms with Gasteiger partial charge in [-0.15, -0.1) is 0 Å². The molecular formula is C91H103N7. The predicted molar refractivity (Wildman–Crippen MR) is 422 cm³/mol. The lowest BCUT2D eigenvalue weighted by Gasteiger charge is -2.03. The van der Waals surface area contributed by atoms with Gasteiger partial charge in [-0.25, -0.2) is 15.0 Å². The van der Waals surface area contributed by atoms with E-state index in [9.17, 15) is 0 Å². The Bertz CT molecular complexity index is 4160. The number of nitrogens with zero attached hydrogens (tertiary/aromatic N) is 7. The third-order valence-electron chi connectivity index (χ3n) is 15.3. The first-order valence-electron chi connectivity index (χ1n) is 33.6. The lowest BCUT2D eigenvalue weighted by molar-refractivity contribution is 0.928. The van der Waals surface area contributed by atoms with E-state index in [-0.39, 0.29) is 0 Å². The van der Waals surface area contributed by atoms with E-state index in [1.807, 2.05) is 148 Å². The summed E-state index contributed by atoms with van der Waals surface area (Å²) in [5, 5.41) is 8.16. The van der Waals surface area contributed by atoms with Gasteiger partial charge in [-0.3, -0.25) is 19.9 Å². The molecule has 0 atom stereocenters. The van der Waals surface area contributed by atoms with E-state index in [2.05, 4.69) is 287 Å². The van der Waals surface area contributed by atoms with Gasteiger partial charge < -0.3 is 0 Å². The Kier molecular flexibility index (Phi) is 32.9. The molecule has 0 amide bonds. The second-order valence-corrected chi connectivity index (χ2v) is 25.2. The van der Waals surface area contributed by atoms with Crippen LogP contribution in [0.2, 0.25) is 0 Å². The molecule has 0 spiro atoms. The highest BCUT2D eigenvalue weighted by atomic mass is 15.0. The van der Waals surface area contributed by atoms with Crippen molar-refractivity contribution in [3.63, 3.8) is 0 Å². The number of hydrogen-bond acceptors (Lipinski definition) is 7. The van der Waals surface area contributed by atoms with E-state index in [0.29, 0.717) is 0 Å². The zero-order valence-electron chi connectivity index (χ0n) is 62.0. The molecule has 14 rings (SSSR count). The molecule has 7 heteroatoms. The minimum atomic E-state index is 0.746. The van der Waals surface area contributed by atoms with Gasteiger partial charge in [0.15, 0.2) is 5.82 Å². The molecule has 0 N–H and O–H groups in total. The van der Waals surface area contributed by atoms with Gasteiger partial charge in [0, 0.05) is 53.1 Å². The van der Waals surface area contributed by atoms with Crippen LogP contribution in [-0.2, 0) is 0 Å². The third kappa shape index (κ3) is 29.6. The number of fused-ring (bicyclic) bond motifs is 3. The molecule has 5 heterocycles. The van der Waals surface area contributed by atoms with Crippen molar-refractivity contribution in [2.75, 3.05) is 0 Å². The molecule has 0 radical (unpaired) electrons. The van der Waals surface area contributed by atoms with Gasteiger partial charge in [0.1, 0.15) is 11.6 Å². The Balaban J connectivity index is 0.000000198. The molecular weight excluding hydrogens is 1190 g/mol. The highest BCUT2D eigenvalue weighted by Gasteiger charge is 2.03. The Labute approximate surface area is 587 Å². The Morgan fingerprint density at radius 3 is 0.969 bits per heavy atom. The number of rotatable bonds is 1. The van der Waals surface area contributed by atoms with Crippen LogP contribution in [0, 0.1) is 138 Å². The second kappa shape index (κ2) is 41.4. The Morgan fingerprint density at radius 2 is 0.602 bits per heavy atom. The summed E-state index contributed by atoms with van der Waals surface area (Å²) in [7, 11) is 0. The molecule has 98 heavy (non-hydrogen) atoms. The van der Waals surface area contributed by atoms with Crippen molar-refractivity contribution >= 4 is 32.3 Å². The zero-order valence-corrected chi connectivity index (χ0v) is 62.0. The van der Waals surface area contributed by atoms with Crippen LogP contribution < -0.4 is 0 Å². The first kappa shape index (κ1) is 78.1. The number of pyridine rings is 4. The maximum atomic E-state index is 4.28. The summed E-state index contributed by atoms with van der Waals surface area (Å²) in [4.78, 5) is 29.0. The average molecular weight is 1290 g/mol. The maximum absolute atomic E-state index is 4.28. The normalized spacial score (nSPS) is 9.84. The molecule has 0 unspecified atom stereocenters. The van der Waals surface area contributed by atoms with Crippen LogP contribution in [0.15, 0.2) is 261 Å². The van der Waals surface area contributed by atoms with Gasteiger partial charge in [-0.1, -0.05) is 240 Å². The summed E-state index contributed by atoms with van der Waals surface area (Å²) < 4.78 is 0. The first-order valence-corrected chi connectivity index (χ1v) is 33.6. The second-order valence-electron chi connectivity index (χ2n) is 25.2. The molecule has 0 aliphatic rings. The molecule has 0 aliphatic carbocycles. The summed E-state index contributed by atoms with van der Waals surface area (Å²) in [5.74, 6) is 2.27. The van der Waals surface area contributed by atoms with Gasteiger partial charge >= 0.3 is 0 Å². The van der Waals surface area contributed by atoms with Crippen molar-refractivity contribution in [3.05, 3.63) is 374 Å². The van der Waals surface area contributed by atoms with Crippen molar-refractivity contribution in [1.29, 1.82) is 0 Å². The summed E-state index contributed by atoms with van der Waals surface area (Å²) in [6.45, 7) is 41.2. The predicted octanol–water partition coefficient (Wildman–Crippen LogP) is 23.9. The van der Waals surface area contributed by atoms with Crippen LogP contribution in [0.5, 0.6) is 0 Å². The van der Waals surface area contributed by atoms with Crippen LogP contribution in [-0.4, -0.2) is 34.9 Å². The molecule has 0 saturated heterocycles. The summed E-state index contributed by atoms with van der Waals surface area (Å²) in [6.07, 6.45) is 7.40. The molecule has 5 aromatic heterocycles. The number of aryl methyl sites for hydroxylation is 20. The van der Waals surface area contributed by atoms with Gasteiger partial charge in [0.2, 0.25) is 0 Å². The highest BCUT2D eigenvalue weighted by Crippen LogP contribution is 2.23. The molecule has 9 aromatic carbocycles. The maximum Gasteiger partial charge on any atom is 0.163 e. The fourth-order valence-corrected chi connectivity index (χ4v) is 10.1. The van der Waals surface area contributed by atoms with E-state index in [4.69, 9.17) is 0 Å². The molecule has 0 aliphatic heterocycles. The largest absolute Gasteiger partial charge is 0.264 e. The fraction of sp³-hybridized carbons (Fsp3) is 0.220. The number of benzene rings is 9. The summed E-state index contributed by atoms with van der Waals surface area (Å²) in [6, 6.07) is 82.0. The van der Waals surface area contributed by atoms with Gasteiger partial charge in [-0.2, -0.15) is 0 Å². The summed E-state index contributed by atoms with van der Waals surface area (Å²) >= 11 is 0. The van der Waals surface area contributed by atoms with Gasteiger partial charge in [0.25, 0.3) is 0 Å². The lowest BCUT2D eigenvalue weighted by atomic mass is 10.0. The van der Waals surface area contributed by atoms with Crippen LogP contribution in [0.3, 0.4) is 0 Å². The smallest absolute Gasteiger partial charge is 0.163 e. The fourth-order valence-electron chi connectivity index (χ4n) is 10.1. The van der Waals surface area contributed by atoms with Crippen molar-refractivity contribution in [3.8, 4) is 11.4 Å².